The van der Waals surface area contributed by atoms with Crippen molar-refractivity contribution in [3.63, 3.8) is 0 Å². The zero-order chi connectivity index (χ0) is 23.2. The molecule has 1 N–H and O–H groups in total. The summed E-state index contributed by atoms with van der Waals surface area (Å²) in [7, 11) is 0. The lowest BCUT2D eigenvalue weighted by Gasteiger charge is -2.30. The second-order valence-corrected chi connectivity index (χ2v) is 8.83. The first-order valence-corrected chi connectivity index (χ1v) is 11.5. The lowest BCUT2D eigenvalue weighted by Crippen LogP contribution is -2.40. The Balaban J connectivity index is 1.24. The van der Waals surface area contributed by atoms with E-state index in [1.54, 1.807) is 24.4 Å². The minimum Gasteiger partial charge on any atom is -0.490 e. The molecule has 9 nitrogen and oxygen atoms in total. The highest BCUT2D eigenvalue weighted by Crippen LogP contribution is 2.27. The number of amides is 1. The van der Waals surface area contributed by atoms with Crippen LogP contribution in [0.3, 0.4) is 0 Å². The molecule has 10 heteroatoms. The van der Waals surface area contributed by atoms with Gasteiger partial charge in [-0.2, -0.15) is 5.26 Å². The predicted octanol–water partition coefficient (Wildman–Crippen LogP) is 2.93. The van der Waals surface area contributed by atoms with E-state index in [0.29, 0.717) is 22.2 Å². The number of benzene rings is 1. The number of ether oxygens (including phenoxy) is 1. The molecule has 1 aliphatic heterocycles. The van der Waals surface area contributed by atoms with Crippen LogP contribution in [0.2, 0.25) is 5.02 Å². The van der Waals surface area contributed by atoms with Crippen LogP contribution in [-0.2, 0) is 4.79 Å². The molecule has 33 heavy (non-hydrogen) atoms. The minimum absolute atomic E-state index is 0.0209. The third-order valence-corrected chi connectivity index (χ3v) is 6.49. The van der Waals surface area contributed by atoms with Gasteiger partial charge in [-0.1, -0.05) is 11.6 Å². The molecule has 1 aliphatic carbocycles. The van der Waals surface area contributed by atoms with E-state index in [1.807, 2.05) is 11.0 Å². The number of piperidine rings is 1. The average Bonchev–Trinajstić information content (AvgIpc) is 2.85. The Kier molecular flexibility index (Phi) is 7.35. The quantitative estimate of drug-likeness (QED) is 0.642. The standard InChI is InChI=1S/C23H25ClN6O3/c24-20-11-19(4-1-16(20)12-25)33-18-5-2-17(3-6-18)27-23(32)22-26-13-21(28-29-22)30-9-7-15(14-31)8-10-30/h1,4,11,13-15,17-18H,2-3,5-10H2,(H,27,32). The third-order valence-electron chi connectivity index (χ3n) is 6.18. The summed E-state index contributed by atoms with van der Waals surface area (Å²) in [6.45, 7) is 1.45. The van der Waals surface area contributed by atoms with Crippen molar-refractivity contribution in [2.75, 3.05) is 18.0 Å². The molecule has 1 aromatic carbocycles. The van der Waals surface area contributed by atoms with E-state index in [-0.39, 0.29) is 29.8 Å². The van der Waals surface area contributed by atoms with Gasteiger partial charge in [-0.05, 0) is 50.7 Å². The van der Waals surface area contributed by atoms with Crippen molar-refractivity contribution in [3.8, 4) is 11.8 Å². The highest BCUT2D eigenvalue weighted by molar-refractivity contribution is 6.31. The fourth-order valence-corrected chi connectivity index (χ4v) is 4.42. The van der Waals surface area contributed by atoms with Crippen LogP contribution in [0, 0.1) is 17.2 Å². The molecule has 0 radical (unpaired) electrons. The molecular formula is C23H25ClN6O3. The summed E-state index contributed by atoms with van der Waals surface area (Å²) in [5, 5.41) is 20.5. The molecule has 0 spiro atoms. The van der Waals surface area contributed by atoms with Crippen molar-refractivity contribution < 1.29 is 14.3 Å². The molecule has 1 saturated carbocycles. The summed E-state index contributed by atoms with van der Waals surface area (Å²) >= 11 is 6.07. The largest absolute Gasteiger partial charge is 0.490 e. The number of aldehydes is 1. The number of nitrogens with one attached hydrogen (secondary N) is 1. The molecule has 1 aromatic heterocycles. The molecule has 2 fully saturated rings. The van der Waals surface area contributed by atoms with E-state index >= 15 is 0 Å². The summed E-state index contributed by atoms with van der Waals surface area (Å²) in [6, 6.07) is 7.11. The number of nitriles is 1. The summed E-state index contributed by atoms with van der Waals surface area (Å²) in [5.74, 6) is 1.08. The first-order valence-electron chi connectivity index (χ1n) is 11.1. The van der Waals surface area contributed by atoms with Crippen molar-refractivity contribution >= 4 is 29.6 Å². The second kappa shape index (κ2) is 10.6. The van der Waals surface area contributed by atoms with E-state index < -0.39 is 0 Å². The van der Waals surface area contributed by atoms with Crippen LogP contribution >= 0.6 is 11.6 Å². The van der Waals surface area contributed by atoms with Crippen LogP contribution < -0.4 is 15.0 Å². The van der Waals surface area contributed by atoms with Crippen LogP contribution in [-0.4, -0.2) is 52.6 Å². The topological polar surface area (TPSA) is 121 Å². The van der Waals surface area contributed by atoms with Crippen molar-refractivity contribution in [2.45, 2.75) is 50.7 Å². The fraction of sp³-hybridized carbons (Fsp3) is 0.478. The Morgan fingerprint density at radius 3 is 2.55 bits per heavy atom. The summed E-state index contributed by atoms with van der Waals surface area (Å²) in [5.41, 5.74) is 0.419. The molecule has 0 unspecified atom stereocenters. The number of hydrogen-bond acceptors (Lipinski definition) is 8. The van der Waals surface area contributed by atoms with Crippen molar-refractivity contribution in [1.82, 2.24) is 20.5 Å². The number of aromatic nitrogens is 3. The van der Waals surface area contributed by atoms with Gasteiger partial charge in [-0.3, -0.25) is 4.79 Å². The maximum absolute atomic E-state index is 12.6. The van der Waals surface area contributed by atoms with Crippen LogP contribution in [0.5, 0.6) is 5.75 Å². The Hall–Kier alpha value is -3.25. The normalized spacial score (nSPS) is 21.2. The maximum Gasteiger partial charge on any atom is 0.291 e. The molecule has 172 valence electrons. The van der Waals surface area contributed by atoms with Gasteiger partial charge in [0, 0.05) is 31.1 Å². The smallest absolute Gasteiger partial charge is 0.291 e. The van der Waals surface area contributed by atoms with Crippen LogP contribution in [0.15, 0.2) is 24.4 Å². The molecule has 0 bridgehead atoms. The zero-order valence-corrected chi connectivity index (χ0v) is 18.9. The number of anilines is 1. The van der Waals surface area contributed by atoms with Crippen molar-refractivity contribution in [3.05, 3.63) is 40.8 Å². The van der Waals surface area contributed by atoms with Gasteiger partial charge in [0.1, 0.15) is 18.1 Å². The highest BCUT2D eigenvalue weighted by atomic mass is 35.5. The van der Waals surface area contributed by atoms with Gasteiger partial charge >= 0.3 is 0 Å². The number of carbonyl (C=O) groups excluding carboxylic acids is 2. The van der Waals surface area contributed by atoms with Gasteiger partial charge in [0.2, 0.25) is 5.82 Å². The number of rotatable bonds is 6. The Morgan fingerprint density at radius 2 is 1.94 bits per heavy atom. The molecule has 4 rings (SSSR count). The van der Waals surface area contributed by atoms with Gasteiger partial charge in [-0.15, -0.1) is 10.2 Å². The van der Waals surface area contributed by atoms with Gasteiger partial charge in [0.05, 0.1) is 22.9 Å². The lowest BCUT2D eigenvalue weighted by molar-refractivity contribution is -0.111. The highest BCUT2D eigenvalue weighted by Gasteiger charge is 2.26. The summed E-state index contributed by atoms with van der Waals surface area (Å²) < 4.78 is 5.99. The molecular weight excluding hydrogens is 444 g/mol. The molecule has 2 aliphatic rings. The van der Waals surface area contributed by atoms with Gasteiger partial charge in [0.15, 0.2) is 5.82 Å². The Morgan fingerprint density at radius 1 is 1.18 bits per heavy atom. The van der Waals surface area contributed by atoms with E-state index in [1.165, 1.54) is 0 Å². The van der Waals surface area contributed by atoms with E-state index in [0.717, 1.165) is 57.9 Å². The van der Waals surface area contributed by atoms with Crippen LogP contribution in [0.4, 0.5) is 5.82 Å². The summed E-state index contributed by atoms with van der Waals surface area (Å²) in [6.07, 6.45) is 7.32. The van der Waals surface area contributed by atoms with E-state index in [4.69, 9.17) is 21.6 Å². The fourth-order valence-electron chi connectivity index (χ4n) is 4.21. The SMILES string of the molecule is N#Cc1ccc(OC2CCC(NC(=O)c3ncc(N4CCC(C=O)CC4)nn3)CC2)cc1Cl. The van der Waals surface area contributed by atoms with Crippen molar-refractivity contribution in [2.24, 2.45) is 5.92 Å². The van der Waals surface area contributed by atoms with Gasteiger partial charge < -0.3 is 19.7 Å². The van der Waals surface area contributed by atoms with Crippen LogP contribution in [0.1, 0.15) is 54.7 Å². The average molecular weight is 469 g/mol. The first-order chi connectivity index (χ1) is 16.1. The Bertz CT molecular complexity index is 1030. The first kappa shape index (κ1) is 22.9. The summed E-state index contributed by atoms with van der Waals surface area (Å²) in [4.78, 5) is 29.7. The molecule has 1 saturated heterocycles. The van der Waals surface area contributed by atoms with Crippen molar-refractivity contribution in [1.29, 1.82) is 5.26 Å². The predicted molar refractivity (Wildman–Crippen MR) is 121 cm³/mol. The van der Waals surface area contributed by atoms with E-state index in [2.05, 4.69) is 20.5 Å². The monoisotopic (exact) mass is 468 g/mol. The molecule has 0 atom stereocenters. The number of hydrogen-bond donors (Lipinski definition) is 1. The second-order valence-electron chi connectivity index (χ2n) is 8.42. The molecule has 2 aromatic rings. The number of halogens is 1. The van der Waals surface area contributed by atoms with Gasteiger partial charge in [0.25, 0.3) is 5.91 Å². The third kappa shape index (κ3) is 5.76. The molecule has 1 amide bonds. The van der Waals surface area contributed by atoms with Crippen LogP contribution in [0.25, 0.3) is 0 Å². The maximum atomic E-state index is 12.6. The number of carbonyl (C=O) groups is 2. The number of nitrogens with zero attached hydrogens (tertiary/aromatic N) is 5. The lowest BCUT2D eigenvalue weighted by atomic mass is 9.93. The molecule has 2 heterocycles. The zero-order valence-electron chi connectivity index (χ0n) is 18.1. The minimum atomic E-state index is -0.336. The van der Waals surface area contributed by atoms with Gasteiger partial charge in [-0.25, -0.2) is 4.98 Å². The Labute approximate surface area is 197 Å². The van der Waals surface area contributed by atoms with E-state index in [9.17, 15) is 9.59 Å².